The number of ketones is 1. The number of halogens is 1. The highest BCUT2D eigenvalue weighted by atomic mass is 32.2. The molecule has 0 N–H and O–H groups in total. The molecular weight excluding hydrogens is 299 g/mol. The van der Waals surface area contributed by atoms with E-state index in [1.807, 2.05) is 6.92 Å². The molecule has 0 amide bonds. The van der Waals surface area contributed by atoms with Crippen LogP contribution < -0.4 is 0 Å². The molecule has 0 saturated heterocycles. The lowest BCUT2D eigenvalue weighted by Crippen LogP contribution is -2.16. The third-order valence-corrected chi connectivity index (χ3v) is 5.43. The van der Waals surface area contributed by atoms with Crippen LogP contribution in [0.15, 0.2) is 35.2 Å². The summed E-state index contributed by atoms with van der Waals surface area (Å²) in [7, 11) is -3.74. The monoisotopic (exact) mass is 312 g/mol. The molecule has 3 nitrogen and oxygen atoms in total. The summed E-state index contributed by atoms with van der Waals surface area (Å²) in [5.41, 5.74) is 0.443. The molecule has 0 aliphatic heterocycles. The first-order valence-corrected chi connectivity index (χ1v) is 8.35. The normalized spacial score (nSPS) is 11.6. The lowest BCUT2D eigenvalue weighted by Gasteiger charge is -2.04. The second-order valence-corrected chi connectivity index (χ2v) is 7.91. The number of hydrogen-bond acceptors (Lipinski definition) is 4. The third-order valence-electron chi connectivity index (χ3n) is 2.84. The van der Waals surface area contributed by atoms with Gasteiger partial charge in [0, 0.05) is 15.3 Å². The highest BCUT2D eigenvalue weighted by molar-refractivity contribution is 7.92. The number of benzene rings is 1. The van der Waals surface area contributed by atoms with Gasteiger partial charge in [-0.2, -0.15) is 0 Å². The van der Waals surface area contributed by atoms with E-state index in [4.69, 9.17) is 0 Å². The van der Waals surface area contributed by atoms with Crippen molar-refractivity contribution in [3.05, 3.63) is 51.5 Å². The molecule has 0 spiro atoms. The van der Waals surface area contributed by atoms with Crippen LogP contribution in [0.4, 0.5) is 4.39 Å². The predicted octanol–water partition coefficient (Wildman–Crippen LogP) is 3.16. The van der Waals surface area contributed by atoms with Gasteiger partial charge in [-0.25, -0.2) is 12.8 Å². The number of carbonyl (C=O) groups is 1. The zero-order valence-electron chi connectivity index (χ0n) is 11.0. The van der Waals surface area contributed by atoms with Crippen LogP contribution in [0.3, 0.4) is 0 Å². The Bertz CT molecular complexity index is 743. The molecule has 1 aromatic heterocycles. The Labute approximate surface area is 121 Å². The SMILES string of the molecule is Cc1cc(C(=O)CS(=O)(=O)c2ccc(F)cc2)c(C)s1. The van der Waals surface area contributed by atoms with Crippen LogP contribution in [0, 0.1) is 19.7 Å². The number of aryl methyl sites for hydroxylation is 2. The largest absolute Gasteiger partial charge is 0.293 e. The topological polar surface area (TPSA) is 51.2 Å². The van der Waals surface area contributed by atoms with Crippen LogP contribution in [0.25, 0.3) is 0 Å². The maximum atomic E-state index is 12.8. The van der Waals surface area contributed by atoms with Crippen LogP contribution in [0.1, 0.15) is 20.1 Å². The Morgan fingerprint density at radius 1 is 1.20 bits per heavy atom. The number of Topliss-reactive ketones (excluding diaryl/α,β-unsaturated/α-hetero) is 1. The number of thiophene rings is 1. The number of sulfone groups is 1. The number of hydrogen-bond donors (Lipinski definition) is 0. The third kappa shape index (κ3) is 3.13. The van der Waals surface area contributed by atoms with E-state index in [0.717, 1.165) is 21.9 Å². The van der Waals surface area contributed by atoms with Crippen molar-refractivity contribution in [1.29, 1.82) is 0 Å². The molecule has 1 aromatic carbocycles. The van der Waals surface area contributed by atoms with E-state index in [1.165, 1.54) is 23.5 Å². The number of rotatable bonds is 4. The molecule has 106 valence electrons. The van der Waals surface area contributed by atoms with Crippen molar-refractivity contribution in [2.45, 2.75) is 18.7 Å². The van der Waals surface area contributed by atoms with Crippen LogP contribution in [-0.4, -0.2) is 20.0 Å². The molecule has 0 atom stereocenters. The van der Waals surface area contributed by atoms with Crippen LogP contribution in [-0.2, 0) is 9.84 Å². The zero-order valence-corrected chi connectivity index (χ0v) is 12.6. The molecule has 0 unspecified atom stereocenters. The van der Waals surface area contributed by atoms with Crippen molar-refractivity contribution < 1.29 is 17.6 Å². The van der Waals surface area contributed by atoms with Gasteiger partial charge in [0.05, 0.1) is 4.90 Å². The van der Waals surface area contributed by atoms with Gasteiger partial charge in [-0.05, 0) is 44.2 Å². The van der Waals surface area contributed by atoms with Gasteiger partial charge in [0.15, 0.2) is 15.6 Å². The fourth-order valence-corrected chi connectivity index (χ4v) is 4.04. The average molecular weight is 312 g/mol. The van der Waals surface area contributed by atoms with E-state index in [9.17, 15) is 17.6 Å². The minimum atomic E-state index is -3.74. The van der Waals surface area contributed by atoms with E-state index in [0.29, 0.717) is 5.56 Å². The Hall–Kier alpha value is -1.53. The van der Waals surface area contributed by atoms with Crippen molar-refractivity contribution in [1.82, 2.24) is 0 Å². The van der Waals surface area contributed by atoms with Gasteiger partial charge < -0.3 is 0 Å². The molecule has 0 aliphatic rings. The number of carbonyl (C=O) groups excluding carboxylic acids is 1. The Morgan fingerprint density at radius 2 is 1.80 bits per heavy atom. The van der Waals surface area contributed by atoms with Gasteiger partial charge >= 0.3 is 0 Å². The summed E-state index contributed by atoms with van der Waals surface area (Å²) >= 11 is 1.46. The zero-order chi connectivity index (χ0) is 14.9. The first-order valence-electron chi connectivity index (χ1n) is 5.88. The minimum absolute atomic E-state index is 0.0446. The molecule has 0 radical (unpaired) electrons. The molecular formula is C14H13FO3S2. The van der Waals surface area contributed by atoms with Gasteiger partial charge in [0.25, 0.3) is 0 Å². The highest BCUT2D eigenvalue weighted by Crippen LogP contribution is 2.22. The Kier molecular flexibility index (Phi) is 4.06. The summed E-state index contributed by atoms with van der Waals surface area (Å²) in [4.78, 5) is 13.8. The van der Waals surface area contributed by atoms with Crippen LogP contribution >= 0.6 is 11.3 Å². The standard InChI is InChI=1S/C14H13FO3S2/c1-9-7-13(10(2)19-9)14(16)8-20(17,18)12-5-3-11(15)4-6-12/h3-7H,8H2,1-2H3. The quantitative estimate of drug-likeness (QED) is 0.643. The lowest BCUT2D eigenvalue weighted by molar-refractivity contribution is 0.102. The van der Waals surface area contributed by atoms with Gasteiger partial charge in [0.2, 0.25) is 0 Å². The van der Waals surface area contributed by atoms with E-state index in [-0.39, 0.29) is 4.90 Å². The smallest absolute Gasteiger partial charge is 0.185 e. The van der Waals surface area contributed by atoms with Crippen molar-refractivity contribution in [3.63, 3.8) is 0 Å². The molecule has 0 bridgehead atoms. The second kappa shape index (κ2) is 5.46. The highest BCUT2D eigenvalue weighted by Gasteiger charge is 2.22. The van der Waals surface area contributed by atoms with Gasteiger partial charge in [-0.3, -0.25) is 4.79 Å². The van der Waals surface area contributed by atoms with Crippen molar-refractivity contribution in [2.75, 3.05) is 5.75 Å². The lowest BCUT2D eigenvalue weighted by atomic mass is 10.2. The summed E-state index contributed by atoms with van der Waals surface area (Å²) < 4.78 is 37.0. The minimum Gasteiger partial charge on any atom is -0.293 e. The Morgan fingerprint density at radius 3 is 2.30 bits per heavy atom. The average Bonchev–Trinajstić information content (AvgIpc) is 2.68. The van der Waals surface area contributed by atoms with Gasteiger partial charge in [0.1, 0.15) is 11.6 Å². The first-order chi connectivity index (χ1) is 9.29. The van der Waals surface area contributed by atoms with Crippen LogP contribution in [0.5, 0.6) is 0 Å². The molecule has 20 heavy (non-hydrogen) atoms. The fraction of sp³-hybridized carbons (Fsp3) is 0.214. The summed E-state index contributed by atoms with van der Waals surface area (Å²) in [6.45, 7) is 3.65. The maximum Gasteiger partial charge on any atom is 0.185 e. The van der Waals surface area contributed by atoms with E-state index >= 15 is 0 Å². The summed E-state index contributed by atoms with van der Waals surface area (Å²) in [6.07, 6.45) is 0. The fourth-order valence-electron chi connectivity index (χ4n) is 1.88. The molecule has 0 saturated carbocycles. The van der Waals surface area contributed by atoms with Crippen molar-refractivity contribution >= 4 is 27.0 Å². The molecule has 2 rings (SSSR count). The molecule has 1 heterocycles. The Balaban J connectivity index is 2.26. The van der Waals surface area contributed by atoms with E-state index in [2.05, 4.69) is 0 Å². The summed E-state index contributed by atoms with van der Waals surface area (Å²) in [6, 6.07) is 6.17. The van der Waals surface area contributed by atoms with E-state index < -0.39 is 27.2 Å². The molecule has 2 aromatic rings. The first kappa shape index (κ1) is 14.9. The molecule has 0 fully saturated rings. The maximum absolute atomic E-state index is 12.8. The summed E-state index contributed by atoms with van der Waals surface area (Å²) in [5.74, 6) is -1.55. The van der Waals surface area contributed by atoms with Crippen molar-refractivity contribution in [2.24, 2.45) is 0 Å². The van der Waals surface area contributed by atoms with Gasteiger partial charge in [-0.15, -0.1) is 11.3 Å². The van der Waals surface area contributed by atoms with Crippen LogP contribution in [0.2, 0.25) is 0 Å². The van der Waals surface area contributed by atoms with E-state index in [1.54, 1.807) is 13.0 Å². The second-order valence-electron chi connectivity index (χ2n) is 4.46. The summed E-state index contributed by atoms with van der Waals surface area (Å²) in [5, 5.41) is 0. The molecule has 6 heteroatoms. The molecule has 0 aliphatic carbocycles. The van der Waals surface area contributed by atoms with Crippen molar-refractivity contribution in [3.8, 4) is 0 Å². The predicted molar refractivity (Wildman–Crippen MR) is 76.6 cm³/mol. The van der Waals surface area contributed by atoms with Gasteiger partial charge in [-0.1, -0.05) is 0 Å².